The lowest BCUT2D eigenvalue weighted by atomic mass is 10.1. The molecule has 3 aromatic carbocycles. The number of benzene rings is 3. The first kappa shape index (κ1) is 18.2. The molecule has 0 aliphatic carbocycles. The summed E-state index contributed by atoms with van der Waals surface area (Å²) in [4.78, 5) is 23.6. The van der Waals surface area contributed by atoms with E-state index in [0.29, 0.717) is 11.4 Å². The van der Waals surface area contributed by atoms with Crippen LogP contribution in [0.25, 0.3) is 11.1 Å². The van der Waals surface area contributed by atoms with Crippen molar-refractivity contribution in [2.45, 2.75) is 0 Å². The minimum Gasteiger partial charge on any atom is -0.484 e. The Kier molecular flexibility index (Phi) is 6.20. The van der Waals surface area contributed by atoms with E-state index in [-0.39, 0.29) is 25.0 Å². The first-order chi connectivity index (χ1) is 13.2. The van der Waals surface area contributed by atoms with Crippen LogP contribution < -0.4 is 15.4 Å². The Hall–Kier alpha value is -3.60. The smallest absolute Gasteiger partial charge is 0.258 e. The van der Waals surface area contributed by atoms with Crippen LogP contribution in [0.15, 0.2) is 84.9 Å². The third-order valence-corrected chi connectivity index (χ3v) is 3.84. The highest BCUT2D eigenvalue weighted by Crippen LogP contribution is 2.21. The molecule has 0 saturated heterocycles. The fraction of sp³-hybridized carbons (Fsp3) is 0.0909. The van der Waals surface area contributed by atoms with E-state index in [2.05, 4.69) is 10.6 Å². The minimum atomic E-state index is -0.356. The maximum atomic E-state index is 11.8. The van der Waals surface area contributed by atoms with Crippen molar-refractivity contribution in [3.05, 3.63) is 84.9 Å². The molecule has 5 heteroatoms. The minimum absolute atomic E-state index is 0.107. The van der Waals surface area contributed by atoms with Crippen molar-refractivity contribution in [2.75, 3.05) is 18.5 Å². The van der Waals surface area contributed by atoms with Crippen LogP contribution in [-0.2, 0) is 9.59 Å². The second-order valence-corrected chi connectivity index (χ2v) is 5.87. The summed E-state index contributed by atoms with van der Waals surface area (Å²) >= 11 is 0. The molecule has 0 radical (unpaired) electrons. The second-order valence-electron chi connectivity index (χ2n) is 5.87. The predicted molar refractivity (Wildman–Crippen MR) is 105 cm³/mol. The van der Waals surface area contributed by atoms with E-state index in [1.807, 2.05) is 72.8 Å². The molecule has 0 heterocycles. The molecule has 27 heavy (non-hydrogen) atoms. The molecule has 0 aromatic heterocycles. The standard InChI is InChI=1S/C22H20N2O3/c25-21(24-19-9-5-2-6-10-19)15-23-22(26)16-27-20-13-11-18(12-14-20)17-7-3-1-4-8-17/h1-14H,15-16H2,(H,23,26)(H,24,25). The van der Waals surface area contributed by atoms with Crippen molar-refractivity contribution in [1.82, 2.24) is 5.32 Å². The predicted octanol–water partition coefficient (Wildman–Crippen LogP) is 3.49. The molecule has 2 N–H and O–H groups in total. The molecule has 5 nitrogen and oxygen atoms in total. The van der Waals surface area contributed by atoms with E-state index < -0.39 is 0 Å². The van der Waals surface area contributed by atoms with Crippen molar-refractivity contribution < 1.29 is 14.3 Å². The van der Waals surface area contributed by atoms with Crippen LogP contribution in [-0.4, -0.2) is 25.0 Å². The van der Waals surface area contributed by atoms with Crippen LogP contribution in [0.5, 0.6) is 5.75 Å². The Morgan fingerprint density at radius 3 is 1.96 bits per heavy atom. The van der Waals surface area contributed by atoms with Crippen LogP contribution in [0, 0.1) is 0 Å². The molecule has 2 amide bonds. The number of ether oxygens (including phenoxy) is 1. The van der Waals surface area contributed by atoms with E-state index in [9.17, 15) is 9.59 Å². The van der Waals surface area contributed by atoms with E-state index in [4.69, 9.17) is 4.74 Å². The fourth-order valence-corrected chi connectivity index (χ4v) is 2.48. The summed E-state index contributed by atoms with van der Waals surface area (Å²) in [6.45, 7) is -0.257. The van der Waals surface area contributed by atoms with Crippen molar-refractivity contribution >= 4 is 17.5 Å². The van der Waals surface area contributed by atoms with Gasteiger partial charge in [-0.1, -0.05) is 60.7 Å². The van der Waals surface area contributed by atoms with Gasteiger partial charge >= 0.3 is 0 Å². The number of amides is 2. The van der Waals surface area contributed by atoms with Crippen molar-refractivity contribution in [1.29, 1.82) is 0 Å². The number of carbonyl (C=O) groups excluding carboxylic acids is 2. The molecule has 0 atom stereocenters. The summed E-state index contributed by atoms with van der Waals surface area (Å²) in [6.07, 6.45) is 0. The Labute approximate surface area is 158 Å². The Morgan fingerprint density at radius 1 is 0.704 bits per heavy atom. The largest absolute Gasteiger partial charge is 0.484 e. The van der Waals surface area contributed by atoms with Crippen molar-refractivity contribution in [3.8, 4) is 16.9 Å². The van der Waals surface area contributed by atoms with Gasteiger partial charge in [0.05, 0.1) is 6.54 Å². The SMILES string of the molecule is O=C(COc1ccc(-c2ccccc2)cc1)NCC(=O)Nc1ccccc1. The molecular formula is C22H20N2O3. The van der Waals surface area contributed by atoms with Crippen LogP contribution >= 0.6 is 0 Å². The maximum absolute atomic E-state index is 11.8. The molecule has 0 bridgehead atoms. The zero-order chi connectivity index (χ0) is 18.9. The van der Waals surface area contributed by atoms with Gasteiger partial charge in [0.1, 0.15) is 5.75 Å². The van der Waals surface area contributed by atoms with Gasteiger partial charge in [-0.3, -0.25) is 9.59 Å². The first-order valence-corrected chi connectivity index (χ1v) is 8.60. The van der Waals surface area contributed by atoms with Gasteiger partial charge in [0.15, 0.2) is 6.61 Å². The molecule has 0 fully saturated rings. The second kappa shape index (κ2) is 9.20. The van der Waals surface area contributed by atoms with Crippen molar-refractivity contribution in [2.24, 2.45) is 0 Å². The number of hydrogen-bond donors (Lipinski definition) is 2. The van der Waals surface area contributed by atoms with Crippen molar-refractivity contribution in [3.63, 3.8) is 0 Å². The van der Waals surface area contributed by atoms with Gasteiger partial charge in [-0.05, 0) is 35.4 Å². The Balaban J connectivity index is 1.42. The number of para-hydroxylation sites is 1. The normalized spacial score (nSPS) is 10.1. The zero-order valence-corrected chi connectivity index (χ0v) is 14.7. The summed E-state index contributed by atoms with van der Waals surface area (Å²) in [7, 11) is 0. The molecule has 3 rings (SSSR count). The summed E-state index contributed by atoms with van der Waals surface area (Å²) in [6, 6.07) is 26.6. The highest BCUT2D eigenvalue weighted by atomic mass is 16.5. The van der Waals surface area contributed by atoms with Crippen LogP contribution in [0.3, 0.4) is 0 Å². The zero-order valence-electron chi connectivity index (χ0n) is 14.7. The lowest BCUT2D eigenvalue weighted by Crippen LogP contribution is -2.35. The van der Waals surface area contributed by atoms with E-state index in [1.54, 1.807) is 12.1 Å². The maximum Gasteiger partial charge on any atom is 0.258 e. The van der Waals surface area contributed by atoms with Gasteiger partial charge in [-0.15, -0.1) is 0 Å². The summed E-state index contributed by atoms with van der Waals surface area (Å²) < 4.78 is 5.47. The van der Waals surface area contributed by atoms with Crippen LogP contribution in [0.1, 0.15) is 0 Å². The van der Waals surface area contributed by atoms with E-state index in [0.717, 1.165) is 11.1 Å². The monoisotopic (exact) mass is 360 g/mol. The number of carbonyl (C=O) groups is 2. The molecule has 0 saturated carbocycles. The first-order valence-electron chi connectivity index (χ1n) is 8.60. The van der Waals surface area contributed by atoms with E-state index in [1.165, 1.54) is 0 Å². The Bertz CT molecular complexity index is 878. The molecule has 3 aromatic rings. The van der Waals surface area contributed by atoms with E-state index >= 15 is 0 Å². The van der Waals surface area contributed by atoms with Gasteiger partial charge in [0.25, 0.3) is 5.91 Å². The van der Waals surface area contributed by atoms with Gasteiger partial charge < -0.3 is 15.4 Å². The highest BCUT2D eigenvalue weighted by Gasteiger charge is 2.07. The lowest BCUT2D eigenvalue weighted by molar-refractivity contribution is -0.125. The topological polar surface area (TPSA) is 67.4 Å². The summed E-state index contributed by atoms with van der Waals surface area (Å²) in [5, 5.41) is 5.23. The highest BCUT2D eigenvalue weighted by molar-refractivity contribution is 5.94. The number of rotatable bonds is 7. The van der Waals surface area contributed by atoms with Crippen LogP contribution in [0.2, 0.25) is 0 Å². The third kappa shape index (κ3) is 5.71. The van der Waals surface area contributed by atoms with Gasteiger partial charge in [0.2, 0.25) is 5.91 Å². The van der Waals surface area contributed by atoms with Gasteiger partial charge in [-0.2, -0.15) is 0 Å². The van der Waals surface area contributed by atoms with Gasteiger partial charge in [-0.25, -0.2) is 0 Å². The molecule has 0 aliphatic rings. The fourth-order valence-electron chi connectivity index (χ4n) is 2.48. The number of anilines is 1. The molecule has 0 unspecified atom stereocenters. The average Bonchev–Trinajstić information content (AvgIpc) is 2.72. The quantitative estimate of drug-likeness (QED) is 0.678. The number of nitrogens with one attached hydrogen (secondary N) is 2. The Morgan fingerprint density at radius 2 is 1.30 bits per heavy atom. The summed E-state index contributed by atoms with van der Waals surface area (Å²) in [5.74, 6) is -0.0503. The summed E-state index contributed by atoms with van der Waals surface area (Å²) in [5.41, 5.74) is 2.88. The molecule has 0 aliphatic heterocycles. The molecular weight excluding hydrogens is 340 g/mol. The average molecular weight is 360 g/mol. The number of hydrogen-bond acceptors (Lipinski definition) is 3. The van der Waals surface area contributed by atoms with Gasteiger partial charge in [0, 0.05) is 5.69 Å². The lowest BCUT2D eigenvalue weighted by Gasteiger charge is -2.09. The van der Waals surface area contributed by atoms with Crippen LogP contribution in [0.4, 0.5) is 5.69 Å². The third-order valence-electron chi connectivity index (χ3n) is 3.84. The molecule has 0 spiro atoms. The molecule has 136 valence electrons.